The predicted octanol–water partition coefficient (Wildman–Crippen LogP) is 5.25. The van der Waals surface area contributed by atoms with Crippen LogP contribution in [0.5, 0.6) is 0 Å². The quantitative estimate of drug-likeness (QED) is 0.465. The van der Waals surface area contributed by atoms with Crippen LogP contribution < -0.4 is 16.0 Å². The number of hydrogen-bond acceptors (Lipinski definition) is 6. The Morgan fingerprint density at radius 2 is 2.05 bits per heavy atom. The van der Waals surface area contributed by atoms with Crippen LogP contribution in [0.15, 0.2) is 23.3 Å². The van der Waals surface area contributed by atoms with E-state index in [0.29, 0.717) is 49.5 Å². The Morgan fingerprint density at radius 1 is 1.27 bits per heavy atom. The Bertz CT molecular complexity index is 1380. The number of allylic oxidation sites excluding steroid dienone is 1. The van der Waals surface area contributed by atoms with Crippen LogP contribution in [0.3, 0.4) is 0 Å². The van der Waals surface area contributed by atoms with Gasteiger partial charge in [0.1, 0.15) is 0 Å². The second-order valence-corrected chi connectivity index (χ2v) is 11.1. The number of nitrogens with zero attached hydrogens (tertiary/aromatic N) is 6. The Balaban J connectivity index is 1.59. The number of amides is 2. The number of alkyl halides is 2. The number of urea groups is 1. The number of aromatic nitrogens is 2. The zero-order chi connectivity index (χ0) is 29.1. The highest BCUT2D eigenvalue weighted by Gasteiger charge is 2.35. The van der Waals surface area contributed by atoms with Crippen molar-refractivity contribution in [3.05, 3.63) is 46.3 Å². The first-order valence-electron chi connectivity index (χ1n) is 14.4. The van der Waals surface area contributed by atoms with E-state index in [-0.39, 0.29) is 17.6 Å². The summed E-state index contributed by atoms with van der Waals surface area (Å²) in [7, 11) is 3.21. The van der Waals surface area contributed by atoms with Crippen LogP contribution in [0.25, 0.3) is 5.57 Å². The van der Waals surface area contributed by atoms with Gasteiger partial charge in [0.25, 0.3) is 6.43 Å². The van der Waals surface area contributed by atoms with Crippen LogP contribution >= 0.6 is 0 Å². The SMILES string of the molecule is CN=CC(=CN)c1cc2c(cc1C(F)F)N(c1nn(C3CCC(CC#N)CC3)c3c1CN(C(=O)NC)CC3)CCC2. The molecule has 0 radical (unpaired) electrons. The van der Waals surface area contributed by atoms with Gasteiger partial charge in [-0.1, -0.05) is 0 Å². The molecule has 0 bridgehead atoms. The van der Waals surface area contributed by atoms with Gasteiger partial charge in [-0.05, 0) is 67.7 Å². The third-order valence-corrected chi connectivity index (χ3v) is 8.73. The van der Waals surface area contributed by atoms with Crippen molar-refractivity contribution < 1.29 is 13.6 Å². The number of anilines is 2. The van der Waals surface area contributed by atoms with Crippen molar-refractivity contribution in [2.75, 3.05) is 32.1 Å². The second-order valence-electron chi connectivity index (χ2n) is 11.1. The molecule has 218 valence electrons. The number of aryl methyl sites for hydroxylation is 1. The summed E-state index contributed by atoms with van der Waals surface area (Å²) >= 11 is 0. The van der Waals surface area contributed by atoms with E-state index >= 15 is 0 Å². The van der Waals surface area contributed by atoms with Crippen LogP contribution in [0, 0.1) is 17.2 Å². The minimum Gasteiger partial charge on any atom is -0.404 e. The number of fused-ring (bicyclic) bond motifs is 2. The van der Waals surface area contributed by atoms with Crippen LogP contribution in [0.4, 0.5) is 25.1 Å². The zero-order valence-electron chi connectivity index (χ0n) is 23.7. The van der Waals surface area contributed by atoms with Crippen molar-refractivity contribution >= 4 is 29.3 Å². The number of halogens is 2. The molecular formula is C30H38F2N8O. The van der Waals surface area contributed by atoms with E-state index in [1.807, 2.05) is 6.07 Å². The van der Waals surface area contributed by atoms with Crippen molar-refractivity contribution in [1.29, 1.82) is 5.26 Å². The molecule has 41 heavy (non-hydrogen) atoms. The number of aliphatic imine (C=N–C) groups is 1. The van der Waals surface area contributed by atoms with Gasteiger partial charge >= 0.3 is 6.03 Å². The first kappa shape index (κ1) is 28.6. The molecule has 3 N–H and O–H groups in total. The van der Waals surface area contributed by atoms with Gasteiger partial charge < -0.3 is 20.9 Å². The van der Waals surface area contributed by atoms with Crippen LogP contribution in [-0.4, -0.2) is 54.1 Å². The highest BCUT2D eigenvalue weighted by Crippen LogP contribution is 2.43. The number of benzene rings is 1. The summed E-state index contributed by atoms with van der Waals surface area (Å²) in [5.74, 6) is 1.17. The fourth-order valence-electron chi connectivity index (χ4n) is 6.64. The summed E-state index contributed by atoms with van der Waals surface area (Å²) in [6.45, 7) is 1.64. The Morgan fingerprint density at radius 3 is 2.71 bits per heavy atom. The summed E-state index contributed by atoms with van der Waals surface area (Å²) < 4.78 is 31.0. The molecule has 11 heteroatoms. The minimum absolute atomic E-state index is 0.0941. The monoisotopic (exact) mass is 564 g/mol. The maximum absolute atomic E-state index is 14.4. The number of carbonyl (C=O) groups is 1. The lowest BCUT2D eigenvalue weighted by Gasteiger charge is -2.33. The highest BCUT2D eigenvalue weighted by molar-refractivity contribution is 6.10. The lowest BCUT2D eigenvalue weighted by atomic mass is 9.84. The van der Waals surface area contributed by atoms with Crippen molar-refractivity contribution in [2.45, 2.75) is 70.4 Å². The maximum atomic E-state index is 14.4. The molecule has 5 rings (SSSR count). The molecule has 2 aliphatic heterocycles. The minimum atomic E-state index is -2.70. The largest absolute Gasteiger partial charge is 0.404 e. The summed E-state index contributed by atoms with van der Waals surface area (Å²) in [6, 6.07) is 5.78. The average molecular weight is 565 g/mol. The highest BCUT2D eigenvalue weighted by atomic mass is 19.3. The normalized spacial score (nSPS) is 21.1. The molecule has 9 nitrogen and oxygen atoms in total. The molecule has 1 aromatic heterocycles. The van der Waals surface area contributed by atoms with Gasteiger partial charge in [0.2, 0.25) is 0 Å². The van der Waals surface area contributed by atoms with E-state index in [1.54, 1.807) is 25.1 Å². The first-order valence-corrected chi connectivity index (χ1v) is 14.4. The molecule has 0 unspecified atom stereocenters. The smallest absolute Gasteiger partial charge is 0.317 e. The Kier molecular flexibility index (Phi) is 8.57. The van der Waals surface area contributed by atoms with Gasteiger partial charge in [-0.3, -0.25) is 9.67 Å². The van der Waals surface area contributed by atoms with Crippen LogP contribution in [0.2, 0.25) is 0 Å². The Hall–Kier alpha value is -3.94. The number of nitrogens with one attached hydrogen (secondary N) is 1. The molecule has 1 aromatic carbocycles. The molecule has 3 aliphatic rings. The zero-order valence-corrected chi connectivity index (χ0v) is 23.7. The lowest BCUT2D eigenvalue weighted by molar-refractivity contribution is 0.151. The van der Waals surface area contributed by atoms with Gasteiger partial charge in [-0.2, -0.15) is 10.4 Å². The van der Waals surface area contributed by atoms with Crippen molar-refractivity contribution in [2.24, 2.45) is 16.6 Å². The van der Waals surface area contributed by atoms with E-state index in [2.05, 4.69) is 26.0 Å². The third-order valence-electron chi connectivity index (χ3n) is 8.73. The molecule has 0 spiro atoms. The molecule has 0 atom stereocenters. The molecule has 0 saturated heterocycles. The summed E-state index contributed by atoms with van der Waals surface area (Å²) in [4.78, 5) is 20.5. The van der Waals surface area contributed by atoms with E-state index in [1.165, 1.54) is 12.4 Å². The first-order chi connectivity index (χ1) is 19.9. The number of rotatable bonds is 6. The molecule has 2 aromatic rings. The third kappa shape index (κ3) is 5.52. The van der Waals surface area contributed by atoms with Gasteiger partial charge in [-0.15, -0.1) is 0 Å². The predicted molar refractivity (Wildman–Crippen MR) is 155 cm³/mol. The van der Waals surface area contributed by atoms with Crippen molar-refractivity contribution in [1.82, 2.24) is 20.0 Å². The van der Waals surface area contributed by atoms with Crippen molar-refractivity contribution in [3.63, 3.8) is 0 Å². The van der Waals surface area contributed by atoms with Gasteiger partial charge in [0.05, 0.1) is 18.7 Å². The number of hydrogen-bond donors (Lipinski definition) is 2. The molecule has 1 fully saturated rings. The van der Waals surface area contributed by atoms with Crippen LogP contribution in [0.1, 0.15) is 78.9 Å². The second kappa shape index (κ2) is 12.3. The molecular weight excluding hydrogens is 526 g/mol. The topological polar surface area (TPSA) is 116 Å². The number of nitriles is 1. The number of nitrogens with two attached hydrogens (primary N) is 1. The van der Waals surface area contributed by atoms with Crippen LogP contribution in [-0.2, 0) is 19.4 Å². The van der Waals surface area contributed by atoms with E-state index < -0.39 is 6.43 Å². The summed E-state index contributed by atoms with van der Waals surface area (Å²) in [5, 5.41) is 17.1. The molecule has 2 amide bonds. The molecule has 3 heterocycles. The maximum Gasteiger partial charge on any atom is 0.317 e. The fourth-order valence-corrected chi connectivity index (χ4v) is 6.64. The van der Waals surface area contributed by atoms with Gasteiger partial charge in [0.15, 0.2) is 5.82 Å². The Labute approximate surface area is 239 Å². The van der Waals surface area contributed by atoms with Gasteiger partial charge in [-0.25, -0.2) is 13.6 Å². The fraction of sp³-hybridized carbons (Fsp3) is 0.533. The summed E-state index contributed by atoms with van der Waals surface area (Å²) in [5.41, 5.74) is 10.3. The number of carbonyl (C=O) groups excluding carboxylic acids is 1. The summed E-state index contributed by atoms with van der Waals surface area (Å²) in [6.07, 6.45) is 6.83. The van der Waals surface area contributed by atoms with E-state index in [0.717, 1.165) is 66.9 Å². The molecule has 1 aliphatic carbocycles. The van der Waals surface area contributed by atoms with Crippen molar-refractivity contribution in [3.8, 4) is 6.07 Å². The van der Waals surface area contributed by atoms with E-state index in [9.17, 15) is 13.6 Å². The van der Waals surface area contributed by atoms with Gasteiger partial charge in [0, 0.05) is 80.5 Å². The molecule has 1 saturated carbocycles. The lowest BCUT2D eigenvalue weighted by Crippen LogP contribution is -2.42. The average Bonchev–Trinajstić information content (AvgIpc) is 3.37. The standard InChI is InChI=1S/C30H38F2N8O/c1-35-17-21(16-34)23-14-20-4-3-12-39(27(20)15-24(23)28(31)32)29-25-18-38(30(41)36-2)13-10-26(25)40(37-29)22-7-5-19(6-8-22)9-11-33/h14-17,19,22,28H,3-10,12-13,18,34H2,1-2H3,(H,36,41). The van der Waals surface area contributed by atoms with E-state index in [4.69, 9.17) is 16.1 Å².